The topological polar surface area (TPSA) is 75.2 Å². The summed E-state index contributed by atoms with van der Waals surface area (Å²) in [6.45, 7) is 2.35. The number of hydrogen-bond acceptors (Lipinski definition) is 5. The van der Waals surface area contributed by atoms with E-state index in [9.17, 15) is 9.59 Å². The smallest absolute Gasteiger partial charge is 0.231 e. The van der Waals surface area contributed by atoms with Crippen molar-refractivity contribution in [3.63, 3.8) is 0 Å². The minimum Gasteiger partial charge on any atom is -0.311 e. The van der Waals surface area contributed by atoms with E-state index < -0.39 is 5.92 Å². The molecule has 4 rings (SSSR count). The molecule has 0 radical (unpaired) electrons. The lowest BCUT2D eigenvalue weighted by Crippen LogP contribution is -2.28. The Morgan fingerprint density at radius 3 is 2.66 bits per heavy atom. The summed E-state index contributed by atoms with van der Waals surface area (Å²) in [4.78, 5) is 26.8. The van der Waals surface area contributed by atoms with Gasteiger partial charge in [-0.15, -0.1) is 10.2 Å². The first-order chi connectivity index (χ1) is 14.1. The van der Waals surface area contributed by atoms with Crippen LogP contribution < -0.4 is 10.2 Å². The number of carbonyl (C=O) groups excluding carboxylic acids is 2. The van der Waals surface area contributed by atoms with Crippen LogP contribution in [0.2, 0.25) is 0 Å². The quantitative estimate of drug-likeness (QED) is 0.678. The summed E-state index contributed by atoms with van der Waals surface area (Å²) in [6.07, 6.45) is 1.87. The first-order valence-corrected chi connectivity index (χ1v) is 10.4. The highest BCUT2D eigenvalue weighted by Crippen LogP contribution is 2.28. The summed E-state index contributed by atoms with van der Waals surface area (Å²) in [5.41, 5.74) is 3.13. The van der Waals surface area contributed by atoms with Crippen molar-refractivity contribution in [3.8, 4) is 0 Å². The van der Waals surface area contributed by atoms with Gasteiger partial charge in [-0.1, -0.05) is 59.9 Å². The molecule has 1 aromatic heterocycles. The van der Waals surface area contributed by atoms with Crippen molar-refractivity contribution in [1.82, 2.24) is 10.2 Å². The minimum absolute atomic E-state index is 0.0275. The van der Waals surface area contributed by atoms with Gasteiger partial charge in [-0.2, -0.15) is 0 Å². The number of benzene rings is 2. The van der Waals surface area contributed by atoms with Crippen molar-refractivity contribution in [2.75, 3.05) is 16.8 Å². The molecule has 1 aliphatic rings. The number of anilines is 2. The molecular weight excluding hydrogens is 384 g/mol. The molecule has 0 saturated carbocycles. The van der Waals surface area contributed by atoms with Crippen LogP contribution in [0.3, 0.4) is 0 Å². The number of hydrogen-bond donors (Lipinski definition) is 1. The van der Waals surface area contributed by atoms with Crippen LogP contribution in [0.4, 0.5) is 10.8 Å². The molecule has 2 aromatic carbocycles. The Morgan fingerprint density at radius 2 is 1.86 bits per heavy atom. The zero-order valence-electron chi connectivity index (χ0n) is 16.2. The van der Waals surface area contributed by atoms with Crippen LogP contribution in [0.1, 0.15) is 22.6 Å². The summed E-state index contributed by atoms with van der Waals surface area (Å²) >= 11 is 1.39. The summed E-state index contributed by atoms with van der Waals surface area (Å²) < 4.78 is 0. The lowest BCUT2D eigenvalue weighted by Gasteiger charge is -2.18. The molecule has 2 heterocycles. The Labute approximate surface area is 173 Å². The van der Waals surface area contributed by atoms with Gasteiger partial charge in [-0.25, -0.2) is 0 Å². The Hall–Kier alpha value is -3.06. The average molecular weight is 407 g/mol. The normalized spacial score (nSPS) is 16.2. The molecule has 29 heavy (non-hydrogen) atoms. The predicted molar refractivity (Wildman–Crippen MR) is 114 cm³/mol. The molecule has 0 spiro atoms. The summed E-state index contributed by atoms with van der Waals surface area (Å²) in [5, 5.41) is 12.5. The Morgan fingerprint density at radius 1 is 1.10 bits per heavy atom. The Bertz CT molecular complexity index is 1020. The van der Waals surface area contributed by atoms with Gasteiger partial charge in [0.1, 0.15) is 5.01 Å². The van der Waals surface area contributed by atoms with E-state index in [0.717, 1.165) is 29.1 Å². The molecule has 0 bridgehead atoms. The molecule has 148 valence electrons. The van der Waals surface area contributed by atoms with Gasteiger partial charge < -0.3 is 10.2 Å². The molecule has 6 nitrogen and oxygen atoms in total. The standard InChI is InChI=1S/C22H22N4O2S/c1-15-7-5-6-10-18(15)26-14-17(13-20(26)27)21(28)23-22-25-24-19(29-22)12-11-16-8-3-2-4-9-16/h2-10,17H,11-14H2,1H3,(H,23,25,28)/t17-/m0/s1. The second-order valence-electron chi connectivity index (χ2n) is 7.17. The van der Waals surface area contributed by atoms with Crippen molar-refractivity contribution < 1.29 is 9.59 Å². The van der Waals surface area contributed by atoms with E-state index in [2.05, 4.69) is 27.6 Å². The van der Waals surface area contributed by atoms with Crippen molar-refractivity contribution in [2.24, 2.45) is 5.92 Å². The molecule has 0 aliphatic carbocycles. The molecule has 0 unspecified atom stereocenters. The van der Waals surface area contributed by atoms with E-state index in [1.807, 2.05) is 49.4 Å². The fourth-order valence-corrected chi connectivity index (χ4v) is 4.23. The highest BCUT2D eigenvalue weighted by Gasteiger charge is 2.35. The highest BCUT2D eigenvalue weighted by molar-refractivity contribution is 7.15. The van der Waals surface area contributed by atoms with E-state index >= 15 is 0 Å². The van der Waals surface area contributed by atoms with Gasteiger partial charge in [0.05, 0.1) is 5.92 Å². The number of aryl methyl sites for hydroxylation is 3. The van der Waals surface area contributed by atoms with E-state index in [0.29, 0.717) is 11.7 Å². The fourth-order valence-electron chi connectivity index (χ4n) is 3.49. The van der Waals surface area contributed by atoms with Gasteiger partial charge in [0.15, 0.2) is 0 Å². The van der Waals surface area contributed by atoms with E-state index in [1.54, 1.807) is 4.90 Å². The molecule has 1 N–H and O–H groups in total. The van der Waals surface area contributed by atoms with Crippen LogP contribution in [-0.4, -0.2) is 28.6 Å². The summed E-state index contributed by atoms with van der Waals surface area (Å²) in [5.74, 6) is -0.598. The van der Waals surface area contributed by atoms with Crippen LogP contribution in [-0.2, 0) is 22.4 Å². The number of rotatable bonds is 6. The maximum Gasteiger partial charge on any atom is 0.231 e. The number of amides is 2. The monoisotopic (exact) mass is 406 g/mol. The van der Waals surface area contributed by atoms with Crippen molar-refractivity contribution in [2.45, 2.75) is 26.2 Å². The van der Waals surface area contributed by atoms with Gasteiger partial charge in [0.2, 0.25) is 16.9 Å². The third-order valence-electron chi connectivity index (χ3n) is 5.07. The van der Waals surface area contributed by atoms with Crippen molar-refractivity contribution in [1.29, 1.82) is 0 Å². The molecule has 7 heteroatoms. The molecule has 1 atom stereocenters. The van der Waals surface area contributed by atoms with E-state index in [4.69, 9.17) is 0 Å². The Balaban J connectivity index is 1.35. The lowest BCUT2D eigenvalue weighted by molar-refractivity contribution is -0.122. The van der Waals surface area contributed by atoms with E-state index in [-0.39, 0.29) is 18.2 Å². The highest BCUT2D eigenvalue weighted by atomic mass is 32.1. The second-order valence-corrected chi connectivity index (χ2v) is 8.23. The van der Waals surface area contributed by atoms with Gasteiger partial charge in [-0.3, -0.25) is 9.59 Å². The van der Waals surface area contributed by atoms with Gasteiger partial charge in [-0.05, 0) is 30.5 Å². The van der Waals surface area contributed by atoms with Crippen molar-refractivity contribution >= 4 is 34.0 Å². The van der Waals surface area contributed by atoms with Gasteiger partial charge in [0.25, 0.3) is 0 Å². The summed E-state index contributed by atoms with van der Waals surface area (Å²) in [7, 11) is 0. The maximum absolute atomic E-state index is 12.7. The number of aromatic nitrogens is 2. The molecule has 1 saturated heterocycles. The number of carbonyl (C=O) groups is 2. The van der Waals surface area contributed by atoms with Crippen LogP contribution in [0, 0.1) is 12.8 Å². The van der Waals surface area contributed by atoms with Gasteiger partial charge >= 0.3 is 0 Å². The molecule has 2 amide bonds. The molecule has 1 fully saturated rings. The zero-order chi connectivity index (χ0) is 20.2. The molecule has 1 aliphatic heterocycles. The van der Waals surface area contributed by atoms with Crippen LogP contribution in [0.15, 0.2) is 54.6 Å². The SMILES string of the molecule is Cc1ccccc1N1C[C@@H](C(=O)Nc2nnc(CCc3ccccc3)s2)CC1=O. The first-order valence-electron chi connectivity index (χ1n) is 9.63. The third-order valence-corrected chi connectivity index (χ3v) is 5.97. The second kappa shape index (κ2) is 8.53. The van der Waals surface area contributed by atoms with Crippen LogP contribution in [0.5, 0.6) is 0 Å². The first kappa shape index (κ1) is 19.3. The minimum atomic E-state index is -0.390. The van der Waals surface area contributed by atoms with Gasteiger partial charge in [0, 0.05) is 25.1 Å². The average Bonchev–Trinajstić information content (AvgIpc) is 3.34. The fraction of sp³-hybridized carbons (Fsp3) is 0.273. The van der Waals surface area contributed by atoms with E-state index in [1.165, 1.54) is 16.9 Å². The molecule has 3 aromatic rings. The largest absolute Gasteiger partial charge is 0.311 e. The number of para-hydroxylation sites is 1. The third kappa shape index (κ3) is 4.51. The van der Waals surface area contributed by atoms with Crippen molar-refractivity contribution in [3.05, 3.63) is 70.7 Å². The Kier molecular flexibility index (Phi) is 5.67. The number of nitrogens with zero attached hydrogens (tertiary/aromatic N) is 3. The summed E-state index contributed by atoms with van der Waals surface area (Å²) in [6, 6.07) is 17.9. The number of nitrogens with one attached hydrogen (secondary N) is 1. The zero-order valence-corrected chi connectivity index (χ0v) is 17.0. The molecular formula is C22H22N4O2S. The lowest BCUT2D eigenvalue weighted by atomic mass is 10.1. The van der Waals surface area contributed by atoms with Crippen LogP contribution in [0.25, 0.3) is 0 Å². The van der Waals surface area contributed by atoms with Crippen LogP contribution >= 0.6 is 11.3 Å². The maximum atomic E-state index is 12.7. The predicted octanol–water partition coefficient (Wildman–Crippen LogP) is 3.62.